The number of carbonyl (C=O) groups excluding carboxylic acids is 2. The molecule has 0 unspecified atom stereocenters. The van der Waals surface area contributed by atoms with Gasteiger partial charge in [-0.2, -0.15) is 0 Å². The summed E-state index contributed by atoms with van der Waals surface area (Å²) in [7, 11) is 0. The lowest BCUT2D eigenvalue weighted by Crippen LogP contribution is -2.25. The molecule has 3 heterocycles. The third kappa shape index (κ3) is 5.75. The quantitative estimate of drug-likeness (QED) is 0.296. The van der Waals surface area contributed by atoms with E-state index < -0.39 is 0 Å². The highest BCUT2D eigenvalue weighted by Crippen LogP contribution is 2.38. The summed E-state index contributed by atoms with van der Waals surface area (Å²) in [5.74, 6) is 0.606. The van der Waals surface area contributed by atoms with Gasteiger partial charge in [0.25, 0.3) is 5.91 Å². The number of thioether (sulfide) groups is 1. The van der Waals surface area contributed by atoms with Gasteiger partial charge in [-0.15, -0.1) is 21.5 Å². The molecule has 1 aliphatic rings. The number of rotatable bonds is 9. The van der Waals surface area contributed by atoms with E-state index in [9.17, 15) is 9.59 Å². The number of nitrogens with zero attached hydrogens (tertiary/aromatic N) is 4. The number of nitrogens with one attached hydrogen (secondary N) is 2. The molecule has 3 aromatic heterocycles. The standard InChI is InChI=1S/C27H28N6O2S2/c1-2-33-24(19-12-14-28-15-13-19)31-32-27(33)36-17-22(34)30-26-23(20-10-6-7-11-21(20)37-26)25(35)29-16-18-8-4-3-5-9-18/h3-5,8-9,12-15H,2,6-7,10-11,16-17H2,1H3,(H,29,35)(H,30,34). The topological polar surface area (TPSA) is 102 Å². The monoisotopic (exact) mass is 532 g/mol. The zero-order chi connectivity index (χ0) is 25.6. The Morgan fingerprint density at radius 1 is 1.05 bits per heavy atom. The molecule has 0 bridgehead atoms. The summed E-state index contributed by atoms with van der Waals surface area (Å²) in [5, 5.41) is 16.0. The molecular formula is C27H28N6O2S2. The fraction of sp³-hybridized carbons (Fsp3) is 0.296. The maximum Gasteiger partial charge on any atom is 0.254 e. The number of hydrogen-bond donors (Lipinski definition) is 2. The van der Waals surface area contributed by atoms with Crippen molar-refractivity contribution >= 4 is 39.9 Å². The maximum absolute atomic E-state index is 13.3. The average molecular weight is 533 g/mol. The number of carbonyl (C=O) groups is 2. The first-order chi connectivity index (χ1) is 18.1. The Morgan fingerprint density at radius 3 is 2.62 bits per heavy atom. The number of aromatic nitrogens is 4. The van der Waals surface area contributed by atoms with Crippen LogP contribution in [0.5, 0.6) is 0 Å². The van der Waals surface area contributed by atoms with Crippen molar-refractivity contribution in [2.45, 2.75) is 50.9 Å². The molecule has 0 fully saturated rings. The Balaban J connectivity index is 1.29. The van der Waals surface area contributed by atoms with Gasteiger partial charge in [0.15, 0.2) is 11.0 Å². The van der Waals surface area contributed by atoms with Crippen molar-refractivity contribution in [2.75, 3.05) is 11.1 Å². The summed E-state index contributed by atoms with van der Waals surface area (Å²) in [6.07, 6.45) is 7.41. The Morgan fingerprint density at radius 2 is 1.84 bits per heavy atom. The van der Waals surface area contributed by atoms with Crippen molar-refractivity contribution in [3.63, 3.8) is 0 Å². The Hall–Kier alpha value is -3.50. The van der Waals surface area contributed by atoms with E-state index >= 15 is 0 Å². The van der Waals surface area contributed by atoms with Gasteiger partial charge in [0, 0.05) is 35.9 Å². The Labute approximate surface area is 223 Å². The second-order valence-electron chi connectivity index (χ2n) is 8.71. The SMILES string of the molecule is CCn1c(SCC(=O)Nc2sc3c(c2C(=O)NCc2ccccc2)CCCC3)nnc1-c1ccncc1. The van der Waals surface area contributed by atoms with Gasteiger partial charge in [0.05, 0.1) is 11.3 Å². The third-order valence-corrected chi connectivity index (χ3v) is 8.43. The zero-order valence-electron chi connectivity index (χ0n) is 20.6. The number of amides is 2. The van der Waals surface area contributed by atoms with E-state index in [1.54, 1.807) is 12.4 Å². The van der Waals surface area contributed by atoms with E-state index in [4.69, 9.17) is 0 Å². The fourth-order valence-electron chi connectivity index (χ4n) is 4.45. The molecule has 4 aromatic rings. The van der Waals surface area contributed by atoms with Gasteiger partial charge >= 0.3 is 0 Å². The number of hydrogen-bond acceptors (Lipinski definition) is 7. The smallest absolute Gasteiger partial charge is 0.254 e. The number of pyridine rings is 1. The first kappa shape index (κ1) is 25.2. The zero-order valence-corrected chi connectivity index (χ0v) is 22.2. The van der Waals surface area contributed by atoms with Gasteiger partial charge in [-0.3, -0.25) is 14.6 Å². The van der Waals surface area contributed by atoms with Gasteiger partial charge in [-0.25, -0.2) is 0 Å². The molecule has 0 radical (unpaired) electrons. The number of thiophene rings is 1. The molecule has 0 atom stereocenters. The minimum absolute atomic E-state index is 0.140. The van der Waals surface area contributed by atoms with E-state index in [2.05, 4.69) is 25.8 Å². The highest BCUT2D eigenvalue weighted by Gasteiger charge is 2.26. The van der Waals surface area contributed by atoms with Crippen LogP contribution in [0.1, 0.15) is 46.1 Å². The van der Waals surface area contributed by atoms with Crippen molar-refractivity contribution in [3.05, 3.63) is 76.4 Å². The lowest BCUT2D eigenvalue weighted by molar-refractivity contribution is -0.113. The molecule has 5 rings (SSSR count). The molecule has 0 saturated heterocycles. The first-order valence-electron chi connectivity index (χ1n) is 12.4. The molecular weight excluding hydrogens is 504 g/mol. The van der Waals surface area contributed by atoms with Gasteiger partial charge in [-0.05, 0) is 55.9 Å². The lowest BCUT2D eigenvalue weighted by Gasteiger charge is -2.13. The van der Waals surface area contributed by atoms with Gasteiger partial charge in [0.1, 0.15) is 5.00 Å². The summed E-state index contributed by atoms with van der Waals surface area (Å²) in [6.45, 7) is 3.15. The van der Waals surface area contributed by atoms with Gasteiger partial charge in [-0.1, -0.05) is 42.1 Å². The van der Waals surface area contributed by atoms with E-state index in [1.807, 2.05) is 54.0 Å². The van der Waals surface area contributed by atoms with Crippen LogP contribution >= 0.6 is 23.1 Å². The van der Waals surface area contributed by atoms with Crippen LogP contribution in [0.25, 0.3) is 11.4 Å². The van der Waals surface area contributed by atoms with Crippen LogP contribution in [0.2, 0.25) is 0 Å². The highest BCUT2D eigenvalue weighted by molar-refractivity contribution is 7.99. The molecule has 1 aliphatic carbocycles. The van der Waals surface area contributed by atoms with Crippen LogP contribution in [-0.2, 0) is 30.7 Å². The molecule has 2 N–H and O–H groups in total. The number of benzene rings is 1. The summed E-state index contributed by atoms with van der Waals surface area (Å²) < 4.78 is 1.99. The molecule has 10 heteroatoms. The Kier molecular flexibility index (Phi) is 7.96. The normalized spacial score (nSPS) is 12.7. The van der Waals surface area contributed by atoms with Crippen molar-refractivity contribution in [1.82, 2.24) is 25.1 Å². The Bertz CT molecular complexity index is 1380. The number of fused-ring (bicyclic) bond motifs is 1. The number of anilines is 1. The number of aryl methyl sites for hydroxylation is 1. The van der Waals surface area contributed by atoms with Crippen molar-refractivity contribution in [2.24, 2.45) is 0 Å². The van der Waals surface area contributed by atoms with E-state index in [1.165, 1.54) is 28.0 Å². The summed E-state index contributed by atoms with van der Waals surface area (Å²) in [4.78, 5) is 31.5. The highest BCUT2D eigenvalue weighted by atomic mass is 32.2. The van der Waals surface area contributed by atoms with Crippen molar-refractivity contribution < 1.29 is 9.59 Å². The predicted octanol–water partition coefficient (Wildman–Crippen LogP) is 4.96. The largest absolute Gasteiger partial charge is 0.348 e. The van der Waals surface area contributed by atoms with Crippen LogP contribution in [0.4, 0.5) is 5.00 Å². The molecule has 37 heavy (non-hydrogen) atoms. The molecule has 0 aliphatic heterocycles. The molecule has 0 spiro atoms. The van der Waals surface area contributed by atoms with Crippen LogP contribution in [0.3, 0.4) is 0 Å². The first-order valence-corrected chi connectivity index (χ1v) is 14.2. The summed E-state index contributed by atoms with van der Waals surface area (Å²) in [6, 6.07) is 13.6. The minimum Gasteiger partial charge on any atom is -0.348 e. The molecule has 0 saturated carbocycles. The molecule has 1 aromatic carbocycles. The van der Waals surface area contributed by atoms with Crippen LogP contribution in [0, 0.1) is 0 Å². The molecule has 2 amide bonds. The maximum atomic E-state index is 13.3. The second kappa shape index (κ2) is 11.7. The summed E-state index contributed by atoms with van der Waals surface area (Å²) in [5.41, 5.74) is 3.66. The third-order valence-electron chi connectivity index (χ3n) is 6.25. The predicted molar refractivity (Wildman–Crippen MR) is 147 cm³/mol. The molecule has 8 nitrogen and oxygen atoms in total. The van der Waals surface area contributed by atoms with E-state index in [-0.39, 0.29) is 17.6 Å². The summed E-state index contributed by atoms with van der Waals surface area (Å²) >= 11 is 2.87. The fourth-order valence-corrected chi connectivity index (χ4v) is 6.55. The second-order valence-corrected chi connectivity index (χ2v) is 10.8. The van der Waals surface area contributed by atoms with Crippen LogP contribution in [0.15, 0.2) is 60.0 Å². The van der Waals surface area contributed by atoms with Crippen LogP contribution < -0.4 is 10.6 Å². The lowest BCUT2D eigenvalue weighted by atomic mass is 9.95. The van der Waals surface area contributed by atoms with Gasteiger partial charge < -0.3 is 15.2 Å². The molecule has 190 valence electrons. The van der Waals surface area contributed by atoms with E-state index in [0.29, 0.717) is 28.8 Å². The van der Waals surface area contributed by atoms with Gasteiger partial charge in [0.2, 0.25) is 5.91 Å². The van der Waals surface area contributed by atoms with Crippen LogP contribution in [-0.4, -0.2) is 37.3 Å². The van der Waals surface area contributed by atoms with Crippen molar-refractivity contribution in [3.8, 4) is 11.4 Å². The minimum atomic E-state index is -0.170. The van der Waals surface area contributed by atoms with E-state index in [0.717, 1.165) is 48.2 Å². The van der Waals surface area contributed by atoms with Crippen molar-refractivity contribution in [1.29, 1.82) is 0 Å². The average Bonchev–Trinajstić information content (AvgIpc) is 3.52.